The van der Waals surface area contributed by atoms with E-state index in [-0.39, 0.29) is 11.8 Å². The summed E-state index contributed by atoms with van der Waals surface area (Å²) in [5.74, 6) is 0.990. The molecule has 1 unspecified atom stereocenters. The number of ether oxygens (including phenoxy) is 1. The van der Waals surface area contributed by atoms with E-state index in [2.05, 4.69) is 54.4 Å². The molecule has 5 aromatic rings. The molecule has 0 spiro atoms. The van der Waals surface area contributed by atoms with Crippen LogP contribution < -0.4 is 9.64 Å². The Balaban J connectivity index is 1.26. The topological polar surface area (TPSA) is 73.1 Å². The number of hydrogen-bond acceptors (Lipinski definition) is 6. The number of amides is 1. The molecule has 3 heterocycles. The minimum absolute atomic E-state index is 0.0742. The summed E-state index contributed by atoms with van der Waals surface area (Å²) in [6.07, 6.45) is 9.27. The minimum atomic E-state index is -0.263. The van der Waals surface area contributed by atoms with Gasteiger partial charge in [0.2, 0.25) is 5.91 Å². The Morgan fingerprint density at radius 1 is 1.07 bits per heavy atom. The molecular formula is C36H39N5O2S. The van der Waals surface area contributed by atoms with E-state index in [0.29, 0.717) is 25.6 Å². The maximum absolute atomic E-state index is 14.5. The van der Waals surface area contributed by atoms with Gasteiger partial charge in [-0.2, -0.15) is 5.10 Å². The normalized spacial score (nSPS) is 14.4. The number of pyridine rings is 1. The summed E-state index contributed by atoms with van der Waals surface area (Å²) in [4.78, 5) is 25.8. The van der Waals surface area contributed by atoms with Crippen molar-refractivity contribution in [1.29, 1.82) is 0 Å². The smallest absolute Gasteiger partial charge is 0.234 e. The van der Waals surface area contributed by atoms with Crippen LogP contribution in [0, 0.1) is 0 Å². The van der Waals surface area contributed by atoms with Crippen LogP contribution in [0.15, 0.2) is 84.6 Å². The minimum Gasteiger partial charge on any atom is -0.489 e. The second-order valence-electron chi connectivity index (χ2n) is 11.7. The van der Waals surface area contributed by atoms with Crippen LogP contribution in [-0.2, 0) is 37.3 Å². The highest BCUT2D eigenvalue weighted by atomic mass is 32.1. The monoisotopic (exact) mass is 605 g/mol. The predicted octanol–water partition coefficient (Wildman–Crippen LogP) is 7.70. The van der Waals surface area contributed by atoms with Crippen molar-refractivity contribution < 1.29 is 9.53 Å². The van der Waals surface area contributed by atoms with Crippen LogP contribution in [0.4, 0.5) is 5.69 Å². The number of benzene rings is 2. The Hall–Kier alpha value is -4.30. The number of carbonyl (C=O) groups excluding carboxylic acids is 1. The molecule has 0 aliphatic heterocycles. The van der Waals surface area contributed by atoms with Crippen LogP contribution in [0.2, 0.25) is 0 Å². The van der Waals surface area contributed by atoms with E-state index in [9.17, 15) is 4.79 Å². The first-order chi connectivity index (χ1) is 21.5. The Kier molecular flexibility index (Phi) is 9.17. The van der Waals surface area contributed by atoms with Crippen LogP contribution in [0.25, 0.3) is 0 Å². The van der Waals surface area contributed by atoms with Crippen LogP contribution in [0.5, 0.6) is 5.75 Å². The lowest BCUT2D eigenvalue weighted by atomic mass is 9.81. The molecular weight excluding hydrogens is 566 g/mol. The van der Waals surface area contributed by atoms with E-state index < -0.39 is 0 Å². The summed E-state index contributed by atoms with van der Waals surface area (Å²) in [6.45, 7) is 7.89. The Morgan fingerprint density at radius 2 is 1.93 bits per heavy atom. The SMILES string of the molecule is CCc1nc(Cn2cc(CN(C(=O)C3CCCc4c(OCc5ccccc5)cccc43)c3ccc(C(C)C)nc3)cn2)cs1. The zero-order valence-corrected chi connectivity index (χ0v) is 26.5. The van der Waals surface area contributed by atoms with Crippen LogP contribution in [0.3, 0.4) is 0 Å². The highest BCUT2D eigenvalue weighted by Crippen LogP contribution is 2.39. The third-order valence-corrected chi connectivity index (χ3v) is 9.23. The molecule has 7 nitrogen and oxygen atoms in total. The van der Waals surface area contributed by atoms with Gasteiger partial charge in [-0.05, 0) is 66.5 Å². The van der Waals surface area contributed by atoms with Gasteiger partial charge in [-0.1, -0.05) is 63.2 Å². The van der Waals surface area contributed by atoms with Crippen LogP contribution in [-0.4, -0.2) is 25.7 Å². The number of fused-ring (bicyclic) bond motifs is 1. The fraction of sp³-hybridized carbons (Fsp3) is 0.333. The average Bonchev–Trinajstić information content (AvgIpc) is 3.71. The Labute approximate surface area is 263 Å². The molecule has 226 valence electrons. The van der Waals surface area contributed by atoms with Gasteiger partial charge in [0.25, 0.3) is 0 Å². The van der Waals surface area contributed by atoms with E-state index in [1.54, 1.807) is 11.3 Å². The van der Waals surface area contributed by atoms with Crippen molar-refractivity contribution in [1.82, 2.24) is 19.7 Å². The third kappa shape index (κ3) is 6.76. The first-order valence-corrected chi connectivity index (χ1v) is 16.4. The lowest BCUT2D eigenvalue weighted by Gasteiger charge is -2.31. The summed E-state index contributed by atoms with van der Waals surface area (Å²) in [7, 11) is 0. The molecule has 44 heavy (non-hydrogen) atoms. The second kappa shape index (κ2) is 13.6. The zero-order chi connectivity index (χ0) is 30.5. The molecule has 6 rings (SSSR count). The van der Waals surface area contributed by atoms with Crippen LogP contribution in [0.1, 0.15) is 84.1 Å². The third-order valence-electron chi connectivity index (χ3n) is 8.19. The van der Waals surface area contributed by atoms with Gasteiger partial charge < -0.3 is 9.64 Å². The van der Waals surface area contributed by atoms with Gasteiger partial charge >= 0.3 is 0 Å². The molecule has 3 aromatic heterocycles. The maximum Gasteiger partial charge on any atom is 0.234 e. The fourth-order valence-electron chi connectivity index (χ4n) is 5.83. The first kappa shape index (κ1) is 29.8. The van der Waals surface area contributed by atoms with Crippen LogP contribution >= 0.6 is 11.3 Å². The van der Waals surface area contributed by atoms with E-state index >= 15 is 0 Å². The standard InChI is InChI=1S/C36H39N5O2S/c1-4-35-39-28(24-44-35)22-40-20-27(18-38-40)21-41(29-16-17-33(25(2)3)37-19-29)36(42)32-14-8-13-31-30(32)12-9-15-34(31)43-23-26-10-6-5-7-11-26/h5-7,9-12,15-20,24-25,32H,4,8,13-14,21-23H2,1-3H3. The van der Waals surface area contributed by atoms with Crippen molar-refractivity contribution in [2.24, 2.45) is 0 Å². The quantitative estimate of drug-likeness (QED) is 0.154. The molecule has 1 amide bonds. The van der Waals surface area contributed by atoms with Crippen molar-refractivity contribution in [3.05, 3.63) is 123 Å². The summed E-state index contributed by atoms with van der Waals surface area (Å²) >= 11 is 1.68. The van der Waals surface area contributed by atoms with Crippen molar-refractivity contribution in [3.63, 3.8) is 0 Å². The molecule has 0 radical (unpaired) electrons. The number of carbonyl (C=O) groups is 1. The number of aryl methyl sites for hydroxylation is 1. The molecule has 1 aliphatic rings. The lowest BCUT2D eigenvalue weighted by molar-refractivity contribution is -0.120. The van der Waals surface area contributed by atoms with Crippen molar-refractivity contribution in [2.75, 3.05) is 4.90 Å². The van der Waals surface area contributed by atoms with Gasteiger partial charge in [-0.25, -0.2) is 4.98 Å². The molecule has 0 N–H and O–H groups in total. The number of anilines is 1. The highest BCUT2D eigenvalue weighted by molar-refractivity contribution is 7.09. The molecule has 0 saturated heterocycles. The lowest BCUT2D eigenvalue weighted by Crippen LogP contribution is -2.36. The number of nitrogens with zero attached hydrogens (tertiary/aromatic N) is 5. The Bertz CT molecular complexity index is 1690. The summed E-state index contributed by atoms with van der Waals surface area (Å²) < 4.78 is 8.21. The van der Waals surface area contributed by atoms with Gasteiger partial charge in [-0.3, -0.25) is 14.5 Å². The molecule has 8 heteroatoms. The zero-order valence-electron chi connectivity index (χ0n) is 25.6. The van der Waals surface area contributed by atoms with Gasteiger partial charge in [-0.15, -0.1) is 11.3 Å². The van der Waals surface area contributed by atoms with Gasteiger partial charge in [0.15, 0.2) is 0 Å². The van der Waals surface area contributed by atoms with Crippen molar-refractivity contribution >= 4 is 22.9 Å². The van der Waals surface area contributed by atoms with E-state index in [4.69, 9.17) is 9.72 Å². The fourth-order valence-corrected chi connectivity index (χ4v) is 6.57. The summed E-state index contributed by atoms with van der Waals surface area (Å²) in [6, 6.07) is 20.4. The van der Waals surface area contributed by atoms with Crippen molar-refractivity contribution in [2.45, 2.75) is 78.0 Å². The molecule has 1 aliphatic carbocycles. The molecule has 0 bridgehead atoms. The van der Waals surface area contributed by atoms with Gasteiger partial charge in [0, 0.05) is 22.8 Å². The number of thiazole rings is 1. The number of aromatic nitrogens is 4. The molecule has 1 atom stereocenters. The van der Waals surface area contributed by atoms with E-state index in [0.717, 1.165) is 75.8 Å². The highest BCUT2D eigenvalue weighted by Gasteiger charge is 2.32. The van der Waals surface area contributed by atoms with Crippen molar-refractivity contribution in [3.8, 4) is 5.75 Å². The molecule has 2 aromatic carbocycles. The van der Waals surface area contributed by atoms with E-state index in [1.807, 2.05) is 70.6 Å². The summed E-state index contributed by atoms with van der Waals surface area (Å²) in [5, 5.41) is 7.83. The largest absolute Gasteiger partial charge is 0.489 e. The Morgan fingerprint density at radius 3 is 2.68 bits per heavy atom. The second-order valence-corrected chi connectivity index (χ2v) is 12.6. The summed E-state index contributed by atoms with van der Waals surface area (Å²) in [5.41, 5.74) is 7.10. The van der Waals surface area contributed by atoms with Gasteiger partial charge in [0.05, 0.1) is 47.8 Å². The first-order valence-electron chi connectivity index (χ1n) is 15.5. The average molecular weight is 606 g/mol. The molecule has 0 saturated carbocycles. The maximum atomic E-state index is 14.5. The van der Waals surface area contributed by atoms with Gasteiger partial charge in [0.1, 0.15) is 12.4 Å². The number of hydrogen-bond donors (Lipinski definition) is 0. The number of rotatable bonds is 11. The van der Waals surface area contributed by atoms with E-state index in [1.165, 1.54) is 0 Å². The molecule has 0 fully saturated rings. The predicted molar refractivity (Wildman–Crippen MR) is 175 cm³/mol.